The van der Waals surface area contributed by atoms with Crippen LogP contribution in [0.15, 0.2) is 42.5 Å². The molecule has 4 heteroatoms. The van der Waals surface area contributed by atoms with E-state index >= 15 is 0 Å². The fraction of sp³-hybridized carbons (Fsp3) is 0.118. The number of ether oxygens (including phenoxy) is 1. The minimum atomic E-state index is 0.325. The van der Waals surface area contributed by atoms with E-state index in [1.165, 1.54) is 0 Å². The van der Waals surface area contributed by atoms with E-state index in [9.17, 15) is 0 Å². The lowest BCUT2D eigenvalue weighted by Crippen LogP contribution is -1.97. The van der Waals surface area contributed by atoms with E-state index in [1.54, 1.807) is 18.2 Å². The van der Waals surface area contributed by atoms with Gasteiger partial charge in [0.05, 0.1) is 18.2 Å². The van der Waals surface area contributed by atoms with Gasteiger partial charge in [0.1, 0.15) is 12.4 Å². The minimum Gasteiger partial charge on any atom is -0.489 e. The molecule has 2 N–H and O–H groups in total. The third-order valence-electron chi connectivity index (χ3n) is 2.75. The van der Waals surface area contributed by atoms with Crippen LogP contribution in [0.5, 0.6) is 5.75 Å². The molecule has 2 aromatic carbocycles. The van der Waals surface area contributed by atoms with Gasteiger partial charge in [-0.2, -0.15) is 5.26 Å². The number of hydrogen-bond acceptors (Lipinski definition) is 3. The molecule has 0 saturated carbocycles. The van der Waals surface area contributed by atoms with E-state index in [0.29, 0.717) is 29.5 Å². The Kier molecular flexibility index (Phi) is 5.23. The number of benzene rings is 2. The van der Waals surface area contributed by atoms with E-state index in [-0.39, 0.29) is 0 Å². The molecule has 0 aliphatic rings. The van der Waals surface area contributed by atoms with Crippen molar-refractivity contribution in [1.29, 1.82) is 5.26 Å². The molecule has 0 heterocycles. The third-order valence-corrected chi connectivity index (χ3v) is 3.10. The number of rotatable bonds is 3. The second kappa shape index (κ2) is 7.36. The molecule has 0 atom stereocenters. The van der Waals surface area contributed by atoms with Crippen molar-refractivity contribution in [2.75, 3.05) is 6.54 Å². The van der Waals surface area contributed by atoms with Crippen LogP contribution in [0.4, 0.5) is 0 Å². The first-order valence-electron chi connectivity index (χ1n) is 6.33. The lowest BCUT2D eigenvalue weighted by molar-refractivity contribution is 0.306. The number of nitrogens with zero attached hydrogens (tertiary/aromatic N) is 1. The Balaban J connectivity index is 2.08. The molecule has 2 aromatic rings. The van der Waals surface area contributed by atoms with Crippen molar-refractivity contribution in [3.63, 3.8) is 0 Å². The van der Waals surface area contributed by atoms with Gasteiger partial charge >= 0.3 is 0 Å². The van der Waals surface area contributed by atoms with Gasteiger partial charge in [-0.15, -0.1) is 0 Å². The molecule has 3 nitrogen and oxygen atoms in total. The SMILES string of the molecule is N#Cc1ccc(COc2cccc(C#CCN)c2)c(Cl)c1. The van der Waals surface area contributed by atoms with Gasteiger partial charge in [-0.25, -0.2) is 0 Å². The van der Waals surface area contributed by atoms with Gasteiger partial charge in [0.15, 0.2) is 0 Å². The van der Waals surface area contributed by atoms with Crippen LogP contribution < -0.4 is 10.5 Å². The summed E-state index contributed by atoms with van der Waals surface area (Å²) in [5, 5.41) is 9.32. The molecule has 0 aliphatic carbocycles. The maximum Gasteiger partial charge on any atom is 0.121 e. The standard InChI is InChI=1S/C17H13ClN2O/c18-17-10-14(11-20)6-7-15(17)12-21-16-5-1-3-13(9-16)4-2-8-19/h1,3,5-7,9-10H,8,12,19H2. The van der Waals surface area contributed by atoms with Gasteiger partial charge in [0.2, 0.25) is 0 Å². The molecular formula is C17H13ClN2O. The smallest absolute Gasteiger partial charge is 0.121 e. The maximum absolute atomic E-state index is 8.80. The maximum atomic E-state index is 8.80. The first kappa shape index (κ1) is 14.9. The van der Waals surface area contributed by atoms with Crippen LogP contribution in [0.3, 0.4) is 0 Å². The highest BCUT2D eigenvalue weighted by Crippen LogP contribution is 2.20. The number of hydrogen-bond donors (Lipinski definition) is 1. The summed E-state index contributed by atoms with van der Waals surface area (Å²) in [7, 11) is 0. The molecule has 0 fully saturated rings. The molecule has 0 bridgehead atoms. The Hall–Kier alpha value is -2.46. The lowest BCUT2D eigenvalue weighted by Gasteiger charge is -2.08. The summed E-state index contributed by atoms with van der Waals surface area (Å²) in [5.41, 5.74) is 7.56. The molecular weight excluding hydrogens is 284 g/mol. The highest BCUT2D eigenvalue weighted by atomic mass is 35.5. The average Bonchev–Trinajstić information content (AvgIpc) is 2.52. The molecule has 104 valence electrons. The highest BCUT2D eigenvalue weighted by Gasteiger charge is 2.03. The topological polar surface area (TPSA) is 59.0 Å². The average molecular weight is 297 g/mol. The fourth-order valence-corrected chi connectivity index (χ4v) is 1.95. The Labute approximate surface area is 128 Å². The van der Waals surface area contributed by atoms with Crippen LogP contribution >= 0.6 is 11.6 Å². The summed E-state index contributed by atoms with van der Waals surface area (Å²) in [6.45, 7) is 0.657. The van der Waals surface area contributed by atoms with Crippen LogP contribution in [0.1, 0.15) is 16.7 Å². The Morgan fingerprint density at radius 1 is 1.14 bits per heavy atom. The molecule has 0 amide bonds. The first-order valence-corrected chi connectivity index (χ1v) is 6.71. The van der Waals surface area contributed by atoms with E-state index in [0.717, 1.165) is 11.1 Å². The van der Waals surface area contributed by atoms with E-state index in [1.807, 2.05) is 30.3 Å². The Morgan fingerprint density at radius 3 is 2.71 bits per heavy atom. The van der Waals surface area contributed by atoms with Crippen LogP contribution in [0.2, 0.25) is 5.02 Å². The second-order valence-electron chi connectivity index (χ2n) is 4.24. The molecule has 0 radical (unpaired) electrons. The first-order chi connectivity index (χ1) is 10.2. The molecule has 0 aliphatic heterocycles. The number of nitriles is 1. The third kappa shape index (κ3) is 4.26. The second-order valence-corrected chi connectivity index (χ2v) is 4.65. The van der Waals surface area contributed by atoms with Crippen molar-refractivity contribution in [1.82, 2.24) is 0 Å². The lowest BCUT2D eigenvalue weighted by atomic mass is 10.1. The zero-order valence-corrected chi connectivity index (χ0v) is 12.0. The zero-order chi connectivity index (χ0) is 15.1. The van der Waals surface area contributed by atoms with Gasteiger partial charge in [0.25, 0.3) is 0 Å². The van der Waals surface area contributed by atoms with Gasteiger partial charge in [-0.05, 0) is 30.3 Å². The monoisotopic (exact) mass is 296 g/mol. The predicted octanol–water partition coefficient (Wildman–Crippen LogP) is 3.10. The zero-order valence-electron chi connectivity index (χ0n) is 11.3. The number of halogens is 1. The van der Waals surface area contributed by atoms with Crippen LogP contribution in [0.25, 0.3) is 0 Å². The molecule has 0 spiro atoms. The molecule has 0 saturated heterocycles. The molecule has 21 heavy (non-hydrogen) atoms. The summed E-state index contributed by atoms with van der Waals surface area (Å²) in [6, 6.07) is 14.6. The van der Waals surface area contributed by atoms with Crippen molar-refractivity contribution >= 4 is 11.6 Å². The summed E-state index contributed by atoms with van der Waals surface area (Å²) in [4.78, 5) is 0. The van der Waals surface area contributed by atoms with Crippen molar-refractivity contribution in [3.8, 4) is 23.7 Å². The fourth-order valence-electron chi connectivity index (χ4n) is 1.71. The van der Waals surface area contributed by atoms with Gasteiger partial charge in [-0.1, -0.05) is 35.6 Å². The van der Waals surface area contributed by atoms with Gasteiger partial charge in [-0.3, -0.25) is 0 Å². The quantitative estimate of drug-likeness (QED) is 0.885. The predicted molar refractivity (Wildman–Crippen MR) is 82.9 cm³/mol. The van der Waals surface area contributed by atoms with Crippen molar-refractivity contribution in [2.24, 2.45) is 5.73 Å². The van der Waals surface area contributed by atoms with E-state index in [2.05, 4.69) is 11.8 Å². The van der Waals surface area contributed by atoms with Crippen LogP contribution in [0, 0.1) is 23.2 Å². The molecule has 0 aromatic heterocycles. The van der Waals surface area contributed by atoms with Crippen molar-refractivity contribution < 1.29 is 4.74 Å². The minimum absolute atomic E-state index is 0.325. The van der Waals surface area contributed by atoms with Gasteiger partial charge in [0, 0.05) is 16.1 Å². The van der Waals surface area contributed by atoms with E-state index < -0.39 is 0 Å². The normalized spacial score (nSPS) is 9.38. The summed E-state index contributed by atoms with van der Waals surface area (Å²) in [6.07, 6.45) is 0. The molecule has 2 rings (SSSR count). The summed E-state index contributed by atoms with van der Waals surface area (Å²) >= 11 is 6.11. The highest BCUT2D eigenvalue weighted by molar-refractivity contribution is 6.31. The Morgan fingerprint density at radius 2 is 2.00 bits per heavy atom. The van der Waals surface area contributed by atoms with E-state index in [4.69, 9.17) is 27.3 Å². The number of nitrogens with two attached hydrogens (primary N) is 1. The van der Waals surface area contributed by atoms with Crippen molar-refractivity contribution in [3.05, 3.63) is 64.2 Å². The van der Waals surface area contributed by atoms with Crippen LogP contribution in [-0.2, 0) is 6.61 Å². The molecule has 0 unspecified atom stereocenters. The summed E-state index contributed by atoms with van der Waals surface area (Å²) < 4.78 is 5.70. The van der Waals surface area contributed by atoms with Crippen molar-refractivity contribution in [2.45, 2.75) is 6.61 Å². The largest absolute Gasteiger partial charge is 0.489 e. The summed E-state index contributed by atoms with van der Waals surface area (Å²) in [5.74, 6) is 6.46. The van der Waals surface area contributed by atoms with Crippen LogP contribution in [-0.4, -0.2) is 6.54 Å². The Bertz CT molecular complexity index is 738. The van der Waals surface area contributed by atoms with Gasteiger partial charge < -0.3 is 10.5 Å².